The summed E-state index contributed by atoms with van der Waals surface area (Å²) in [7, 11) is 0. The summed E-state index contributed by atoms with van der Waals surface area (Å²) >= 11 is 0. The van der Waals surface area contributed by atoms with Crippen LogP contribution >= 0.6 is 0 Å². The van der Waals surface area contributed by atoms with Gasteiger partial charge in [0.1, 0.15) is 0 Å². The Kier molecular flexibility index (Phi) is 3.97. The molecule has 1 aromatic carbocycles. The fourth-order valence-corrected chi connectivity index (χ4v) is 1.34. The Morgan fingerprint density at radius 2 is 1.69 bits per heavy atom. The molecule has 0 spiro atoms. The first kappa shape index (κ1) is 10.3. The highest BCUT2D eigenvalue weighted by Crippen LogP contribution is 2.07. The molecule has 13 heavy (non-hydrogen) atoms. The van der Waals surface area contributed by atoms with Crippen molar-refractivity contribution in [3.05, 3.63) is 35.4 Å². The van der Waals surface area contributed by atoms with Crippen LogP contribution in [0.25, 0.3) is 0 Å². The Balaban J connectivity index is 2.49. The van der Waals surface area contributed by atoms with E-state index in [1.807, 2.05) is 0 Å². The summed E-state index contributed by atoms with van der Waals surface area (Å²) in [6.07, 6.45) is 3.29. The number of rotatable bonds is 4. The zero-order valence-electron chi connectivity index (χ0n) is 8.59. The smallest absolute Gasteiger partial charge is 0.00136 e. The van der Waals surface area contributed by atoms with Crippen molar-refractivity contribution in [2.24, 2.45) is 5.73 Å². The third-order valence-corrected chi connectivity index (χ3v) is 2.32. The monoisotopic (exact) mass is 177 g/mol. The SMILES string of the molecule is CCc1ccc(CC[C@@H](C)N)cc1. The molecule has 0 amide bonds. The summed E-state index contributed by atoms with van der Waals surface area (Å²) in [4.78, 5) is 0. The van der Waals surface area contributed by atoms with E-state index >= 15 is 0 Å². The van der Waals surface area contributed by atoms with Crippen molar-refractivity contribution in [1.82, 2.24) is 0 Å². The van der Waals surface area contributed by atoms with Crippen molar-refractivity contribution in [2.45, 2.75) is 39.2 Å². The molecular formula is C12H19N. The van der Waals surface area contributed by atoms with Crippen molar-refractivity contribution in [3.8, 4) is 0 Å². The summed E-state index contributed by atoms with van der Waals surface area (Å²) in [5, 5.41) is 0. The molecule has 1 aromatic rings. The molecule has 0 radical (unpaired) electrons. The second-order valence-corrected chi connectivity index (χ2v) is 3.69. The Bertz CT molecular complexity index is 236. The Morgan fingerprint density at radius 1 is 1.15 bits per heavy atom. The van der Waals surface area contributed by atoms with E-state index in [0.29, 0.717) is 6.04 Å². The van der Waals surface area contributed by atoms with E-state index in [4.69, 9.17) is 5.73 Å². The zero-order valence-corrected chi connectivity index (χ0v) is 8.59. The van der Waals surface area contributed by atoms with Gasteiger partial charge in [0, 0.05) is 6.04 Å². The minimum absolute atomic E-state index is 0.311. The van der Waals surface area contributed by atoms with Crippen LogP contribution in [0.4, 0.5) is 0 Å². The minimum atomic E-state index is 0.311. The molecule has 0 unspecified atom stereocenters. The molecule has 0 aliphatic heterocycles. The van der Waals surface area contributed by atoms with Crippen LogP contribution in [0.1, 0.15) is 31.4 Å². The van der Waals surface area contributed by atoms with Crippen molar-refractivity contribution in [3.63, 3.8) is 0 Å². The zero-order chi connectivity index (χ0) is 9.68. The van der Waals surface area contributed by atoms with Crippen molar-refractivity contribution >= 4 is 0 Å². The highest BCUT2D eigenvalue weighted by molar-refractivity contribution is 5.22. The van der Waals surface area contributed by atoms with Gasteiger partial charge >= 0.3 is 0 Å². The Labute approximate surface area is 81.0 Å². The molecule has 0 saturated heterocycles. The van der Waals surface area contributed by atoms with Crippen molar-refractivity contribution < 1.29 is 0 Å². The molecule has 0 heterocycles. The van der Waals surface area contributed by atoms with Gasteiger partial charge in [-0.15, -0.1) is 0 Å². The van der Waals surface area contributed by atoms with Crippen LogP contribution in [-0.2, 0) is 12.8 Å². The quantitative estimate of drug-likeness (QED) is 0.751. The lowest BCUT2D eigenvalue weighted by Crippen LogP contribution is -2.15. The second-order valence-electron chi connectivity index (χ2n) is 3.69. The number of benzene rings is 1. The lowest BCUT2D eigenvalue weighted by atomic mass is 10.0. The van der Waals surface area contributed by atoms with Crippen LogP contribution in [-0.4, -0.2) is 6.04 Å². The molecule has 0 bridgehead atoms. The van der Waals surface area contributed by atoms with E-state index in [1.165, 1.54) is 11.1 Å². The van der Waals surface area contributed by atoms with E-state index in [0.717, 1.165) is 19.3 Å². The van der Waals surface area contributed by atoms with E-state index in [2.05, 4.69) is 38.1 Å². The summed E-state index contributed by atoms with van der Waals surface area (Å²) in [6.45, 7) is 4.23. The highest BCUT2D eigenvalue weighted by atomic mass is 14.6. The maximum atomic E-state index is 5.70. The van der Waals surface area contributed by atoms with Gasteiger partial charge in [-0.05, 0) is 37.3 Å². The van der Waals surface area contributed by atoms with Crippen LogP contribution in [0, 0.1) is 0 Å². The van der Waals surface area contributed by atoms with Gasteiger partial charge in [0.2, 0.25) is 0 Å². The molecule has 1 atom stereocenters. The summed E-state index contributed by atoms with van der Waals surface area (Å²) in [5.41, 5.74) is 8.50. The molecule has 72 valence electrons. The van der Waals surface area contributed by atoms with Gasteiger partial charge in [-0.3, -0.25) is 0 Å². The molecular weight excluding hydrogens is 158 g/mol. The van der Waals surface area contributed by atoms with Gasteiger partial charge in [0.15, 0.2) is 0 Å². The average Bonchev–Trinajstić information content (AvgIpc) is 2.15. The van der Waals surface area contributed by atoms with Crippen LogP contribution in [0.2, 0.25) is 0 Å². The van der Waals surface area contributed by atoms with Gasteiger partial charge < -0.3 is 5.73 Å². The van der Waals surface area contributed by atoms with E-state index < -0.39 is 0 Å². The standard InChI is InChI=1S/C12H19N/c1-3-11-6-8-12(9-7-11)5-4-10(2)13/h6-10H,3-5,13H2,1-2H3/t10-/m1/s1. The van der Waals surface area contributed by atoms with Crippen LogP contribution in [0.15, 0.2) is 24.3 Å². The topological polar surface area (TPSA) is 26.0 Å². The summed E-state index contributed by atoms with van der Waals surface area (Å²) in [6, 6.07) is 9.14. The number of aryl methyl sites for hydroxylation is 2. The van der Waals surface area contributed by atoms with Gasteiger partial charge in [-0.25, -0.2) is 0 Å². The maximum absolute atomic E-state index is 5.70. The van der Waals surface area contributed by atoms with Crippen molar-refractivity contribution in [2.75, 3.05) is 0 Å². The number of hydrogen-bond donors (Lipinski definition) is 1. The normalized spacial score (nSPS) is 12.8. The molecule has 0 aliphatic rings. The van der Waals surface area contributed by atoms with Gasteiger partial charge in [-0.1, -0.05) is 31.2 Å². The molecule has 0 saturated carbocycles. The van der Waals surface area contributed by atoms with Crippen molar-refractivity contribution in [1.29, 1.82) is 0 Å². The first-order valence-corrected chi connectivity index (χ1v) is 5.05. The second kappa shape index (κ2) is 5.03. The molecule has 1 rings (SSSR count). The third kappa shape index (κ3) is 3.60. The largest absolute Gasteiger partial charge is 0.328 e. The summed E-state index contributed by atoms with van der Waals surface area (Å²) in [5.74, 6) is 0. The minimum Gasteiger partial charge on any atom is -0.328 e. The highest BCUT2D eigenvalue weighted by Gasteiger charge is 1.96. The number of nitrogens with two attached hydrogens (primary N) is 1. The van der Waals surface area contributed by atoms with E-state index in [9.17, 15) is 0 Å². The third-order valence-electron chi connectivity index (χ3n) is 2.32. The lowest BCUT2D eigenvalue weighted by Gasteiger charge is -2.05. The van der Waals surface area contributed by atoms with Crippen LogP contribution < -0.4 is 5.73 Å². The van der Waals surface area contributed by atoms with Gasteiger partial charge in [-0.2, -0.15) is 0 Å². The maximum Gasteiger partial charge on any atom is 0.00136 e. The summed E-state index contributed by atoms with van der Waals surface area (Å²) < 4.78 is 0. The Hall–Kier alpha value is -0.820. The first-order valence-electron chi connectivity index (χ1n) is 5.05. The van der Waals surface area contributed by atoms with E-state index in [-0.39, 0.29) is 0 Å². The van der Waals surface area contributed by atoms with E-state index in [1.54, 1.807) is 0 Å². The fourth-order valence-electron chi connectivity index (χ4n) is 1.34. The first-order chi connectivity index (χ1) is 6.22. The molecule has 0 aliphatic carbocycles. The van der Waals surface area contributed by atoms with Gasteiger partial charge in [0.05, 0.1) is 0 Å². The Morgan fingerprint density at radius 3 is 2.15 bits per heavy atom. The molecule has 1 heteroatoms. The molecule has 0 fully saturated rings. The molecule has 1 nitrogen and oxygen atoms in total. The predicted octanol–water partition coefficient (Wildman–Crippen LogP) is 2.53. The van der Waals surface area contributed by atoms with Crippen LogP contribution in [0.5, 0.6) is 0 Å². The number of hydrogen-bond acceptors (Lipinski definition) is 1. The van der Waals surface area contributed by atoms with Crippen LogP contribution in [0.3, 0.4) is 0 Å². The fraction of sp³-hybridized carbons (Fsp3) is 0.500. The molecule has 0 aromatic heterocycles. The van der Waals surface area contributed by atoms with Gasteiger partial charge in [0.25, 0.3) is 0 Å². The molecule has 2 N–H and O–H groups in total. The predicted molar refractivity (Wildman–Crippen MR) is 57.8 cm³/mol. The lowest BCUT2D eigenvalue weighted by molar-refractivity contribution is 0.666. The average molecular weight is 177 g/mol.